The van der Waals surface area contributed by atoms with Gasteiger partial charge >= 0.3 is 6.03 Å². The van der Waals surface area contributed by atoms with E-state index in [2.05, 4.69) is 17.6 Å². The molecule has 1 unspecified atom stereocenters. The molecule has 2 amide bonds. The van der Waals surface area contributed by atoms with E-state index >= 15 is 0 Å². The largest absolute Gasteiger partial charge is 0.338 e. The SMILES string of the molecule is CCCNC(=O)N(CC1CC1)CC1CCCN1. The molecule has 0 aromatic rings. The average Bonchev–Trinajstić information content (AvgIpc) is 2.99. The summed E-state index contributed by atoms with van der Waals surface area (Å²) >= 11 is 0. The first-order chi connectivity index (χ1) is 8.29. The second kappa shape index (κ2) is 6.24. The zero-order chi connectivity index (χ0) is 12.1. The van der Waals surface area contributed by atoms with Crippen LogP contribution in [0.4, 0.5) is 4.79 Å². The second-order valence-electron chi connectivity index (χ2n) is 5.37. The summed E-state index contributed by atoms with van der Waals surface area (Å²) in [5.41, 5.74) is 0. The molecule has 0 bridgehead atoms. The van der Waals surface area contributed by atoms with Gasteiger partial charge in [0.05, 0.1) is 0 Å². The maximum absolute atomic E-state index is 12.0. The van der Waals surface area contributed by atoms with E-state index in [0.29, 0.717) is 6.04 Å². The number of carbonyl (C=O) groups is 1. The van der Waals surface area contributed by atoms with Crippen molar-refractivity contribution < 1.29 is 4.79 Å². The van der Waals surface area contributed by atoms with Crippen LogP contribution in [0.5, 0.6) is 0 Å². The second-order valence-corrected chi connectivity index (χ2v) is 5.37. The van der Waals surface area contributed by atoms with Gasteiger partial charge in [0.25, 0.3) is 0 Å². The molecule has 1 heterocycles. The molecule has 1 saturated carbocycles. The number of rotatable bonds is 6. The van der Waals surface area contributed by atoms with E-state index in [0.717, 1.165) is 38.5 Å². The molecule has 2 rings (SSSR count). The van der Waals surface area contributed by atoms with E-state index in [1.165, 1.54) is 25.7 Å². The lowest BCUT2D eigenvalue weighted by atomic mass is 10.2. The van der Waals surface area contributed by atoms with Gasteiger partial charge in [-0.2, -0.15) is 0 Å². The van der Waals surface area contributed by atoms with Crippen molar-refractivity contribution in [2.24, 2.45) is 5.92 Å². The standard InChI is InChI=1S/C13H25N3O/c1-2-7-15-13(17)16(9-11-5-6-11)10-12-4-3-8-14-12/h11-12,14H,2-10H2,1H3,(H,15,17). The Bertz CT molecular complexity index is 247. The van der Waals surface area contributed by atoms with Crippen LogP contribution in [-0.4, -0.2) is 43.2 Å². The van der Waals surface area contributed by atoms with Gasteiger partial charge in [-0.25, -0.2) is 4.79 Å². The molecule has 1 aliphatic carbocycles. The number of nitrogens with one attached hydrogen (secondary N) is 2. The Labute approximate surface area is 104 Å². The third-order valence-electron chi connectivity index (χ3n) is 3.59. The van der Waals surface area contributed by atoms with Gasteiger partial charge in [0, 0.05) is 25.7 Å². The first-order valence-corrected chi connectivity index (χ1v) is 7.05. The Morgan fingerprint density at radius 2 is 2.18 bits per heavy atom. The van der Waals surface area contributed by atoms with E-state index in [1.807, 2.05) is 4.90 Å². The number of hydrogen-bond acceptors (Lipinski definition) is 2. The van der Waals surface area contributed by atoms with Crippen molar-refractivity contribution in [1.29, 1.82) is 0 Å². The molecule has 0 spiro atoms. The van der Waals surface area contributed by atoms with Crippen LogP contribution >= 0.6 is 0 Å². The summed E-state index contributed by atoms with van der Waals surface area (Å²) < 4.78 is 0. The highest BCUT2D eigenvalue weighted by Crippen LogP contribution is 2.29. The van der Waals surface area contributed by atoms with Gasteiger partial charge in [0.15, 0.2) is 0 Å². The zero-order valence-corrected chi connectivity index (χ0v) is 10.9. The molecule has 1 atom stereocenters. The molecule has 0 aromatic carbocycles. The Morgan fingerprint density at radius 3 is 2.76 bits per heavy atom. The maximum atomic E-state index is 12.0. The normalized spacial score (nSPS) is 23.7. The Balaban J connectivity index is 1.79. The van der Waals surface area contributed by atoms with Crippen LogP contribution in [0.1, 0.15) is 39.0 Å². The van der Waals surface area contributed by atoms with Gasteiger partial charge < -0.3 is 15.5 Å². The maximum Gasteiger partial charge on any atom is 0.317 e. The predicted molar refractivity (Wildman–Crippen MR) is 69.0 cm³/mol. The fraction of sp³-hybridized carbons (Fsp3) is 0.923. The summed E-state index contributed by atoms with van der Waals surface area (Å²) in [7, 11) is 0. The quantitative estimate of drug-likeness (QED) is 0.739. The van der Waals surface area contributed by atoms with Crippen LogP contribution in [0, 0.1) is 5.92 Å². The van der Waals surface area contributed by atoms with Crippen molar-refractivity contribution >= 4 is 6.03 Å². The van der Waals surface area contributed by atoms with Crippen molar-refractivity contribution in [3.05, 3.63) is 0 Å². The smallest absolute Gasteiger partial charge is 0.317 e. The molecule has 98 valence electrons. The number of hydrogen-bond donors (Lipinski definition) is 2. The van der Waals surface area contributed by atoms with Crippen LogP contribution in [0.15, 0.2) is 0 Å². The molecule has 1 aliphatic heterocycles. The Hall–Kier alpha value is -0.770. The van der Waals surface area contributed by atoms with Gasteiger partial charge in [-0.05, 0) is 44.6 Å². The molecule has 4 nitrogen and oxygen atoms in total. The highest BCUT2D eigenvalue weighted by molar-refractivity contribution is 5.74. The zero-order valence-electron chi connectivity index (χ0n) is 10.9. The summed E-state index contributed by atoms with van der Waals surface area (Å²) in [6.45, 7) is 5.82. The van der Waals surface area contributed by atoms with Crippen molar-refractivity contribution in [3.8, 4) is 0 Å². The Morgan fingerprint density at radius 1 is 1.35 bits per heavy atom. The molecule has 4 heteroatoms. The van der Waals surface area contributed by atoms with Crippen LogP contribution in [-0.2, 0) is 0 Å². The molecular weight excluding hydrogens is 214 g/mol. The Kier molecular flexibility index (Phi) is 4.66. The fourth-order valence-electron chi connectivity index (χ4n) is 2.37. The number of urea groups is 1. The first-order valence-electron chi connectivity index (χ1n) is 7.05. The highest BCUT2D eigenvalue weighted by Gasteiger charge is 2.28. The van der Waals surface area contributed by atoms with Crippen LogP contribution < -0.4 is 10.6 Å². The summed E-state index contributed by atoms with van der Waals surface area (Å²) in [5, 5.41) is 6.47. The molecule has 2 N–H and O–H groups in total. The average molecular weight is 239 g/mol. The van der Waals surface area contributed by atoms with Crippen LogP contribution in [0.2, 0.25) is 0 Å². The van der Waals surface area contributed by atoms with E-state index in [9.17, 15) is 4.79 Å². The lowest BCUT2D eigenvalue weighted by Crippen LogP contribution is -2.47. The predicted octanol–water partition coefficient (Wildman–Crippen LogP) is 1.57. The van der Waals surface area contributed by atoms with Gasteiger partial charge in [-0.3, -0.25) is 0 Å². The monoisotopic (exact) mass is 239 g/mol. The first kappa shape index (κ1) is 12.7. The number of carbonyl (C=O) groups excluding carboxylic acids is 1. The lowest BCUT2D eigenvalue weighted by molar-refractivity contribution is 0.189. The third kappa shape index (κ3) is 4.19. The molecular formula is C13H25N3O. The van der Waals surface area contributed by atoms with E-state index in [1.54, 1.807) is 0 Å². The summed E-state index contributed by atoms with van der Waals surface area (Å²) in [6.07, 6.45) is 6.07. The third-order valence-corrected chi connectivity index (χ3v) is 3.59. The van der Waals surface area contributed by atoms with Crippen molar-refractivity contribution in [1.82, 2.24) is 15.5 Å². The van der Waals surface area contributed by atoms with Gasteiger partial charge in [0.1, 0.15) is 0 Å². The minimum absolute atomic E-state index is 0.132. The summed E-state index contributed by atoms with van der Waals surface area (Å²) in [5.74, 6) is 0.767. The topological polar surface area (TPSA) is 44.4 Å². The van der Waals surface area contributed by atoms with Crippen molar-refractivity contribution in [2.45, 2.75) is 45.1 Å². The minimum Gasteiger partial charge on any atom is -0.338 e. The fourth-order valence-corrected chi connectivity index (χ4v) is 2.37. The highest BCUT2D eigenvalue weighted by atomic mass is 16.2. The number of amides is 2. The molecule has 17 heavy (non-hydrogen) atoms. The molecule has 0 aromatic heterocycles. The van der Waals surface area contributed by atoms with Crippen molar-refractivity contribution in [2.75, 3.05) is 26.2 Å². The molecule has 2 fully saturated rings. The van der Waals surface area contributed by atoms with Crippen molar-refractivity contribution in [3.63, 3.8) is 0 Å². The number of nitrogens with zero attached hydrogens (tertiary/aromatic N) is 1. The van der Waals surface area contributed by atoms with E-state index in [-0.39, 0.29) is 6.03 Å². The van der Waals surface area contributed by atoms with Gasteiger partial charge in [-0.1, -0.05) is 6.92 Å². The lowest BCUT2D eigenvalue weighted by Gasteiger charge is -2.26. The van der Waals surface area contributed by atoms with Crippen LogP contribution in [0.3, 0.4) is 0 Å². The van der Waals surface area contributed by atoms with Gasteiger partial charge in [-0.15, -0.1) is 0 Å². The minimum atomic E-state index is 0.132. The molecule has 2 aliphatic rings. The molecule has 1 saturated heterocycles. The summed E-state index contributed by atoms with van der Waals surface area (Å²) in [6, 6.07) is 0.647. The summed E-state index contributed by atoms with van der Waals surface area (Å²) in [4.78, 5) is 14.1. The van der Waals surface area contributed by atoms with E-state index < -0.39 is 0 Å². The van der Waals surface area contributed by atoms with Crippen LogP contribution in [0.25, 0.3) is 0 Å². The van der Waals surface area contributed by atoms with E-state index in [4.69, 9.17) is 0 Å². The van der Waals surface area contributed by atoms with Gasteiger partial charge in [0.2, 0.25) is 0 Å². The molecule has 0 radical (unpaired) electrons.